The Hall–Kier alpha value is -7.50. The second kappa shape index (κ2) is 12.5. The molecule has 5 heteroatoms. The fourth-order valence-corrected chi connectivity index (χ4v) is 9.17. The van der Waals surface area contributed by atoms with E-state index < -0.39 is 0 Å². The van der Waals surface area contributed by atoms with Gasteiger partial charge in [0.1, 0.15) is 0 Å². The van der Waals surface area contributed by atoms with Gasteiger partial charge in [0.2, 0.25) is 0 Å². The van der Waals surface area contributed by atoms with E-state index in [1.54, 1.807) is 0 Å². The lowest BCUT2D eigenvalue weighted by Crippen LogP contribution is -2.05. The molecule has 0 N–H and O–H groups in total. The first-order valence-corrected chi connectivity index (χ1v) is 19.6. The topological polar surface area (TPSA) is 40.6 Å². The molecule has 0 spiro atoms. The first-order chi connectivity index (χ1) is 28.3. The number of nitrogens with zero attached hydrogens (tertiary/aromatic N) is 5. The summed E-state index contributed by atoms with van der Waals surface area (Å²) in [6.45, 7) is 0. The Balaban J connectivity index is 1.08. The second-order valence-corrected chi connectivity index (χ2v) is 14.9. The van der Waals surface area contributed by atoms with Crippen molar-refractivity contribution in [1.29, 1.82) is 0 Å². The number of aromatic nitrogens is 5. The number of allylic oxidation sites excluding steroid dienone is 1. The van der Waals surface area contributed by atoms with Crippen LogP contribution in [0.15, 0.2) is 182 Å². The van der Waals surface area contributed by atoms with E-state index in [4.69, 9.17) is 9.97 Å². The molecule has 11 aromatic rings. The largest absolute Gasteiger partial charge is 0.317 e. The molecule has 0 amide bonds. The molecule has 12 rings (SSSR count). The van der Waals surface area contributed by atoms with E-state index in [1.807, 2.05) is 0 Å². The van der Waals surface area contributed by atoms with Gasteiger partial charge in [-0.25, -0.2) is 9.97 Å². The molecular weight excluding hydrogens is 695 g/mol. The van der Waals surface area contributed by atoms with Crippen molar-refractivity contribution in [1.82, 2.24) is 23.7 Å². The van der Waals surface area contributed by atoms with Gasteiger partial charge < -0.3 is 13.7 Å². The summed E-state index contributed by atoms with van der Waals surface area (Å²) in [6.07, 6.45) is 8.52. The van der Waals surface area contributed by atoms with Crippen LogP contribution in [0.3, 0.4) is 0 Å². The Morgan fingerprint density at radius 1 is 0.439 bits per heavy atom. The summed E-state index contributed by atoms with van der Waals surface area (Å²) in [5.41, 5.74) is 14.6. The molecular formula is C52H35N5. The molecule has 0 saturated carbocycles. The number of para-hydroxylation sites is 4. The Morgan fingerprint density at radius 2 is 1.04 bits per heavy atom. The van der Waals surface area contributed by atoms with Crippen LogP contribution in [0, 0.1) is 0 Å². The minimum absolute atomic E-state index is 0.752. The molecule has 1 aliphatic rings. The van der Waals surface area contributed by atoms with Crippen LogP contribution in [-0.4, -0.2) is 23.7 Å². The highest BCUT2D eigenvalue weighted by molar-refractivity contribution is 6.21. The molecule has 0 unspecified atom stereocenters. The number of hydrogen-bond donors (Lipinski definition) is 0. The first-order valence-electron chi connectivity index (χ1n) is 19.6. The van der Waals surface area contributed by atoms with E-state index >= 15 is 0 Å². The molecule has 0 atom stereocenters. The van der Waals surface area contributed by atoms with Crippen molar-refractivity contribution < 1.29 is 0 Å². The number of benzene rings is 7. The van der Waals surface area contributed by atoms with Gasteiger partial charge in [-0.3, -0.25) is 0 Å². The van der Waals surface area contributed by atoms with Crippen LogP contribution >= 0.6 is 0 Å². The standard InChI is InChI=1S/C52H35N5/c1-4-14-36(15-5-1)55-31-30-41-45(55)28-29-49-50(41)43-33-35(25-27-48(43)57(49)38-18-8-3-9-19-38)52-53-44-22-12-10-21-40(44)51(54-52)34-24-26-47-42(32-34)39-20-11-13-23-46(39)56(47)37-16-6-2-7-17-37/h1-11,13-21,23-33H,12,22H2. The van der Waals surface area contributed by atoms with Crippen molar-refractivity contribution in [2.24, 2.45) is 0 Å². The van der Waals surface area contributed by atoms with Gasteiger partial charge in [0.05, 0.1) is 39.0 Å². The Kier molecular flexibility index (Phi) is 6.99. The third-order valence-corrected chi connectivity index (χ3v) is 11.7. The molecule has 57 heavy (non-hydrogen) atoms. The Labute approximate surface area is 329 Å². The SMILES string of the molecule is C1=Cc2c(nc(-c3ccc4c(c3)c3c5ccn(-c6ccccc6)c5ccc3n4-c3ccccc3)nc2-c2ccc3c(c2)c2ccccc2n3-c2ccccc2)CC1. The number of fused-ring (bicyclic) bond motifs is 9. The van der Waals surface area contributed by atoms with Gasteiger partial charge in [-0.1, -0.05) is 91.0 Å². The van der Waals surface area contributed by atoms with Crippen molar-refractivity contribution >= 4 is 60.6 Å². The minimum atomic E-state index is 0.752. The summed E-state index contributed by atoms with van der Waals surface area (Å²) < 4.78 is 7.03. The van der Waals surface area contributed by atoms with E-state index in [0.717, 1.165) is 69.3 Å². The highest BCUT2D eigenvalue weighted by atomic mass is 15.0. The zero-order valence-corrected chi connectivity index (χ0v) is 31.0. The van der Waals surface area contributed by atoms with Crippen LogP contribution in [0.1, 0.15) is 17.7 Å². The van der Waals surface area contributed by atoms with Gasteiger partial charge in [0.25, 0.3) is 0 Å². The zero-order valence-electron chi connectivity index (χ0n) is 31.0. The third kappa shape index (κ3) is 4.89. The zero-order chi connectivity index (χ0) is 37.5. The van der Waals surface area contributed by atoms with E-state index in [2.05, 4.69) is 202 Å². The number of hydrogen-bond acceptors (Lipinski definition) is 2. The highest BCUT2D eigenvalue weighted by Crippen LogP contribution is 2.41. The molecule has 1 aliphatic carbocycles. The first kappa shape index (κ1) is 31.8. The van der Waals surface area contributed by atoms with Crippen molar-refractivity contribution in [3.8, 4) is 39.7 Å². The molecule has 0 radical (unpaired) electrons. The lowest BCUT2D eigenvalue weighted by atomic mass is 9.96. The summed E-state index contributed by atoms with van der Waals surface area (Å²) in [6, 6.07) is 61.0. The maximum absolute atomic E-state index is 5.46. The second-order valence-electron chi connectivity index (χ2n) is 14.9. The van der Waals surface area contributed by atoms with Crippen LogP contribution in [-0.2, 0) is 6.42 Å². The Morgan fingerprint density at radius 3 is 1.81 bits per heavy atom. The average Bonchev–Trinajstić information content (AvgIpc) is 3.96. The van der Waals surface area contributed by atoms with Crippen molar-refractivity contribution in [2.75, 3.05) is 0 Å². The maximum Gasteiger partial charge on any atom is 0.160 e. The van der Waals surface area contributed by atoms with E-state index in [-0.39, 0.29) is 0 Å². The predicted octanol–water partition coefficient (Wildman–Crippen LogP) is 12.9. The molecule has 4 aromatic heterocycles. The third-order valence-electron chi connectivity index (χ3n) is 11.7. The predicted molar refractivity (Wildman–Crippen MR) is 236 cm³/mol. The van der Waals surface area contributed by atoms with Crippen molar-refractivity contribution in [3.63, 3.8) is 0 Å². The van der Waals surface area contributed by atoms with E-state index in [9.17, 15) is 0 Å². The van der Waals surface area contributed by atoms with Crippen LogP contribution < -0.4 is 0 Å². The normalized spacial score (nSPS) is 12.7. The van der Waals surface area contributed by atoms with Gasteiger partial charge in [-0.05, 0) is 104 Å². The van der Waals surface area contributed by atoms with Gasteiger partial charge in [0.15, 0.2) is 5.82 Å². The van der Waals surface area contributed by atoms with Gasteiger partial charge in [0, 0.05) is 66.9 Å². The van der Waals surface area contributed by atoms with Crippen LogP contribution in [0.2, 0.25) is 0 Å². The maximum atomic E-state index is 5.46. The molecule has 0 bridgehead atoms. The average molecular weight is 730 g/mol. The Bertz CT molecular complexity index is 3390. The van der Waals surface area contributed by atoms with E-state index in [1.165, 1.54) is 49.0 Å². The van der Waals surface area contributed by atoms with Crippen LogP contribution in [0.5, 0.6) is 0 Å². The van der Waals surface area contributed by atoms with E-state index in [0.29, 0.717) is 0 Å². The van der Waals surface area contributed by atoms with Crippen LogP contribution in [0.4, 0.5) is 0 Å². The molecule has 0 fully saturated rings. The van der Waals surface area contributed by atoms with Gasteiger partial charge in [-0.15, -0.1) is 0 Å². The molecule has 0 saturated heterocycles. The van der Waals surface area contributed by atoms with Gasteiger partial charge >= 0.3 is 0 Å². The summed E-state index contributed by atoms with van der Waals surface area (Å²) in [5.74, 6) is 0.752. The number of rotatable bonds is 5. The molecule has 4 heterocycles. The molecule has 7 aromatic carbocycles. The quantitative estimate of drug-likeness (QED) is 0.177. The van der Waals surface area contributed by atoms with Gasteiger partial charge in [-0.2, -0.15) is 0 Å². The summed E-state index contributed by atoms with van der Waals surface area (Å²) in [5, 5.41) is 6.06. The highest BCUT2D eigenvalue weighted by Gasteiger charge is 2.22. The summed E-state index contributed by atoms with van der Waals surface area (Å²) in [7, 11) is 0. The minimum Gasteiger partial charge on any atom is -0.317 e. The molecule has 268 valence electrons. The molecule has 0 aliphatic heterocycles. The summed E-state index contributed by atoms with van der Waals surface area (Å²) >= 11 is 0. The monoisotopic (exact) mass is 729 g/mol. The van der Waals surface area contributed by atoms with Crippen molar-refractivity contribution in [3.05, 3.63) is 193 Å². The fourth-order valence-electron chi connectivity index (χ4n) is 9.17. The lowest BCUT2D eigenvalue weighted by molar-refractivity contribution is 0.915. The lowest BCUT2D eigenvalue weighted by Gasteiger charge is -2.16. The fraction of sp³-hybridized carbons (Fsp3) is 0.0385. The smallest absolute Gasteiger partial charge is 0.160 e. The summed E-state index contributed by atoms with van der Waals surface area (Å²) in [4.78, 5) is 10.8. The van der Waals surface area contributed by atoms with Crippen molar-refractivity contribution in [2.45, 2.75) is 12.8 Å². The number of aryl methyl sites for hydroxylation is 1. The van der Waals surface area contributed by atoms with Crippen LogP contribution in [0.25, 0.3) is 100 Å². The molecule has 5 nitrogen and oxygen atoms in total.